The Bertz CT molecular complexity index is 219. The zero-order valence-electron chi connectivity index (χ0n) is 14.0. The molecule has 3 heteroatoms. The van der Waals surface area contributed by atoms with Gasteiger partial charge in [-0.25, -0.2) is 0 Å². The number of rotatable bonds is 16. The van der Waals surface area contributed by atoms with E-state index in [0.29, 0.717) is 13.0 Å². The molecule has 0 spiro atoms. The molecular formula is C18H35BrO2. The maximum atomic E-state index is 11.1. The predicted molar refractivity (Wildman–Crippen MR) is 95.1 cm³/mol. The molecule has 0 atom stereocenters. The first kappa shape index (κ1) is 20.9. The van der Waals surface area contributed by atoms with E-state index in [2.05, 4.69) is 15.9 Å². The minimum atomic E-state index is -0.0337. The molecule has 0 radical (unpaired) electrons. The Morgan fingerprint density at radius 3 is 1.48 bits per heavy atom. The van der Waals surface area contributed by atoms with Crippen LogP contribution in [0.15, 0.2) is 0 Å². The van der Waals surface area contributed by atoms with Crippen LogP contribution in [0.2, 0.25) is 0 Å². The SMILES string of the molecule is CCOC(=O)CCCCCCCCCCCCCCCBr. The number of carbonyl (C=O) groups is 1. The van der Waals surface area contributed by atoms with Gasteiger partial charge < -0.3 is 4.74 Å². The maximum Gasteiger partial charge on any atom is 0.305 e. The van der Waals surface area contributed by atoms with E-state index in [4.69, 9.17) is 4.74 Å². The standard InChI is InChI=1S/C18H35BrO2/c1-2-21-18(20)16-14-12-10-8-6-4-3-5-7-9-11-13-15-17-19/h2-17H2,1H3. The van der Waals surface area contributed by atoms with Gasteiger partial charge in [-0.15, -0.1) is 0 Å². The number of halogens is 1. The van der Waals surface area contributed by atoms with Crippen molar-refractivity contribution >= 4 is 21.9 Å². The Morgan fingerprint density at radius 1 is 0.714 bits per heavy atom. The molecule has 0 saturated carbocycles. The second kappa shape index (κ2) is 18.0. The van der Waals surface area contributed by atoms with E-state index in [0.717, 1.165) is 11.8 Å². The number of hydrogen-bond acceptors (Lipinski definition) is 2. The first-order valence-corrected chi connectivity index (χ1v) is 10.1. The molecule has 0 heterocycles. The predicted octanol–water partition coefficient (Wildman–Crippen LogP) is 6.41. The molecule has 0 aromatic heterocycles. The van der Waals surface area contributed by atoms with Crippen LogP contribution in [0.25, 0.3) is 0 Å². The number of esters is 1. The molecule has 0 unspecified atom stereocenters. The number of carbonyl (C=O) groups excluding carboxylic acids is 1. The van der Waals surface area contributed by atoms with Gasteiger partial charge in [0.1, 0.15) is 0 Å². The molecule has 21 heavy (non-hydrogen) atoms. The van der Waals surface area contributed by atoms with Crippen LogP contribution in [-0.4, -0.2) is 17.9 Å². The molecule has 0 bridgehead atoms. The minimum absolute atomic E-state index is 0.0337. The van der Waals surface area contributed by atoms with Crippen LogP contribution >= 0.6 is 15.9 Å². The van der Waals surface area contributed by atoms with Crippen LogP contribution in [0.1, 0.15) is 96.8 Å². The van der Waals surface area contributed by atoms with Crippen molar-refractivity contribution in [1.29, 1.82) is 0 Å². The molecule has 0 rings (SSSR count). The maximum absolute atomic E-state index is 11.1. The third kappa shape index (κ3) is 17.9. The Labute approximate surface area is 140 Å². The Morgan fingerprint density at radius 2 is 1.10 bits per heavy atom. The number of unbranched alkanes of at least 4 members (excludes halogenated alkanes) is 12. The number of ether oxygens (including phenoxy) is 1. The highest BCUT2D eigenvalue weighted by Gasteiger charge is 2.00. The first-order chi connectivity index (χ1) is 10.3. The fourth-order valence-corrected chi connectivity index (χ4v) is 2.94. The van der Waals surface area contributed by atoms with Crippen molar-refractivity contribution in [1.82, 2.24) is 0 Å². The van der Waals surface area contributed by atoms with Crippen molar-refractivity contribution in [2.75, 3.05) is 11.9 Å². The Kier molecular flexibility index (Phi) is 18.0. The molecule has 126 valence electrons. The van der Waals surface area contributed by atoms with Crippen LogP contribution in [0.3, 0.4) is 0 Å². The van der Waals surface area contributed by atoms with Crippen molar-refractivity contribution in [3.8, 4) is 0 Å². The van der Waals surface area contributed by atoms with Gasteiger partial charge in [-0.05, 0) is 19.8 Å². The van der Waals surface area contributed by atoms with Crippen molar-refractivity contribution < 1.29 is 9.53 Å². The molecular weight excluding hydrogens is 328 g/mol. The van der Waals surface area contributed by atoms with Crippen molar-refractivity contribution in [2.24, 2.45) is 0 Å². The summed E-state index contributed by atoms with van der Waals surface area (Å²) in [7, 11) is 0. The van der Waals surface area contributed by atoms with Gasteiger partial charge in [-0.1, -0.05) is 86.6 Å². The summed E-state index contributed by atoms with van der Waals surface area (Å²) in [5.74, 6) is -0.0337. The smallest absolute Gasteiger partial charge is 0.305 e. The van der Waals surface area contributed by atoms with Gasteiger partial charge in [-0.3, -0.25) is 4.79 Å². The highest BCUT2D eigenvalue weighted by atomic mass is 79.9. The van der Waals surface area contributed by atoms with E-state index in [1.54, 1.807) is 0 Å². The lowest BCUT2D eigenvalue weighted by atomic mass is 10.0. The van der Waals surface area contributed by atoms with Crippen molar-refractivity contribution in [3.63, 3.8) is 0 Å². The van der Waals surface area contributed by atoms with Gasteiger partial charge in [0, 0.05) is 11.8 Å². The molecule has 0 aliphatic carbocycles. The van der Waals surface area contributed by atoms with E-state index in [-0.39, 0.29) is 5.97 Å². The van der Waals surface area contributed by atoms with Crippen molar-refractivity contribution in [3.05, 3.63) is 0 Å². The summed E-state index contributed by atoms with van der Waals surface area (Å²) < 4.78 is 4.91. The average Bonchev–Trinajstić information content (AvgIpc) is 2.48. The minimum Gasteiger partial charge on any atom is -0.466 e. The first-order valence-electron chi connectivity index (χ1n) is 9.02. The van der Waals surface area contributed by atoms with E-state index in [1.165, 1.54) is 77.0 Å². The highest BCUT2D eigenvalue weighted by molar-refractivity contribution is 9.09. The lowest BCUT2D eigenvalue weighted by Gasteiger charge is -2.03. The monoisotopic (exact) mass is 362 g/mol. The van der Waals surface area contributed by atoms with Crippen LogP contribution in [0.5, 0.6) is 0 Å². The Hall–Kier alpha value is -0.0500. The summed E-state index contributed by atoms with van der Waals surface area (Å²) in [6, 6.07) is 0. The third-order valence-electron chi connectivity index (χ3n) is 3.82. The molecule has 0 aromatic carbocycles. The van der Waals surface area contributed by atoms with Crippen LogP contribution in [0.4, 0.5) is 0 Å². The average molecular weight is 363 g/mol. The molecule has 0 aromatic rings. The van der Waals surface area contributed by atoms with Gasteiger partial charge in [0.25, 0.3) is 0 Å². The van der Waals surface area contributed by atoms with Gasteiger partial charge >= 0.3 is 5.97 Å². The molecule has 0 fully saturated rings. The van der Waals surface area contributed by atoms with E-state index < -0.39 is 0 Å². The second-order valence-electron chi connectivity index (χ2n) is 5.84. The fourth-order valence-electron chi connectivity index (χ4n) is 2.54. The van der Waals surface area contributed by atoms with Crippen LogP contribution < -0.4 is 0 Å². The van der Waals surface area contributed by atoms with Gasteiger partial charge in [0.15, 0.2) is 0 Å². The summed E-state index contributed by atoms with van der Waals surface area (Å²) >= 11 is 3.47. The third-order valence-corrected chi connectivity index (χ3v) is 4.38. The fraction of sp³-hybridized carbons (Fsp3) is 0.944. The topological polar surface area (TPSA) is 26.3 Å². The van der Waals surface area contributed by atoms with E-state index >= 15 is 0 Å². The summed E-state index contributed by atoms with van der Waals surface area (Å²) in [6.07, 6.45) is 17.9. The lowest BCUT2D eigenvalue weighted by Crippen LogP contribution is -2.03. The van der Waals surface area contributed by atoms with Gasteiger partial charge in [-0.2, -0.15) is 0 Å². The van der Waals surface area contributed by atoms with Gasteiger partial charge in [0.05, 0.1) is 6.61 Å². The quantitative estimate of drug-likeness (QED) is 0.180. The summed E-state index contributed by atoms with van der Waals surface area (Å²) in [6.45, 7) is 2.37. The van der Waals surface area contributed by atoms with E-state index in [9.17, 15) is 4.79 Å². The van der Waals surface area contributed by atoms with Crippen LogP contribution in [0, 0.1) is 0 Å². The summed E-state index contributed by atoms with van der Waals surface area (Å²) in [4.78, 5) is 11.1. The lowest BCUT2D eigenvalue weighted by molar-refractivity contribution is -0.143. The van der Waals surface area contributed by atoms with Crippen LogP contribution in [-0.2, 0) is 9.53 Å². The molecule has 0 aliphatic heterocycles. The van der Waals surface area contributed by atoms with E-state index in [1.807, 2.05) is 6.92 Å². The number of hydrogen-bond donors (Lipinski definition) is 0. The molecule has 0 amide bonds. The second-order valence-corrected chi connectivity index (χ2v) is 6.63. The molecule has 0 N–H and O–H groups in total. The molecule has 2 nitrogen and oxygen atoms in total. The molecule has 0 saturated heterocycles. The Balaban J connectivity index is 3.01. The summed E-state index contributed by atoms with van der Waals surface area (Å²) in [5, 5.41) is 1.16. The summed E-state index contributed by atoms with van der Waals surface area (Å²) in [5.41, 5.74) is 0. The normalized spacial score (nSPS) is 10.8. The largest absolute Gasteiger partial charge is 0.466 e. The van der Waals surface area contributed by atoms with Gasteiger partial charge in [0.2, 0.25) is 0 Å². The highest BCUT2D eigenvalue weighted by Crippen LogP contribution is 2.13. The molecule has 0 aliphatic rings. The number of alkyl halides is 1. The zero-order valence-corrected chi connectivity index (χ0v) is 15.6. The zero-order chi connectivity index (χ0) is 15.6. The van der Waals surface area contributed by atoms with Crippen molar-refractivity contribution in [2.45, 2.75) is 96.8 Å².